The molecule has 2 heterocycles. The van der Waals surface area contributed by atoms with E-state index in [0.29, 0.717) is 44.8 Å². The Morgan fingerprint density at radius 2 is 1.33 bits per heavy atom. The zero-order valence-electron chi connectivity index (χ0n) is 28.4. The van der Waals surface area contributed by atoms with Gasteiger partial charge in [0.2, 0.25) is 16.9 Å². The number of piperazine rings is 1. The van der Waals surface area contributed by atoms with Gasteiger partial charge in [-0.3, -0.25) is 9.59 Å². The lowest BCUT2D eigenvalue weighted by atomic mass is 9.93. The Kier molecular flexibility index (Phi) is 11.2. The Hall–Kier alpha value is -4.38. The van der Waals surface area contributed by atoms with Crippen LogP contribution in [0.2, 0.25) is 0 Å². The van der Waals surface area contributed by atoms with Crippen molar-refractivity contribution in [3.05, 3.63) is 102 Å². The van der Waals surface area contributed by atoms with Gasteiger partial charge in [-0.2, -0.15) is 0 Å². The molecule has 1 aliphatic rings. The molecule has 49 heavy (non-hydrogen) atoms. The molecule has 1 aromatic heterocycles. The lowest BCUT2D eigenvalue weighted by Crippen LogP contribution is -2.65. The predicted molar refractivity (Wildman–Crippen MR) is 199 cm³/mol. The van der Waals surface area contributed by atoms with Crippen molar-refractivity contribution in [2.75, 3.05) is 25.0 Å². The number of aromatic nitrogens is 2. The van der Waals surface area contributed by atoms with E-state index >= 15 is 0 Å². The maximum Gasteiger partial charge on any atom is 0.240 e. The minimum Gasteiger partial charge on any atom is -0.360 e. The summed E-state index contributed by atoms with van der Waals surface area (Å²) in [5, 5.41) is 16.6. The number of fused-ring (bicyclic) bond motifs is 2. The van der Waals surface area contributed by atoms with Crippen LogP contribution in [-0.2, 0) is 22.4 Å². The van der Waals surface area contributed by atoms with Gasteiger partial charge >= 0.3 is 0 Å². The second-order valence-corrected chi connectivity index (χ2v) is 14.5. The number of carbonyl (C=O) groups excluding carboxylic acids is 2. The number of anilines is 1. The maximum absolute atomic E-state index is 14.2. The van der Waals surface area contributed by atoms with Crippen LogP contribution in [0.5, 0.6) is 0 Å². The molecule has 6 rings (SSSR count). The summed E-state index contributed by atoms with van der Waals surface area (Å²) >= 11 is 1.45. The van der Waals surface area contributed by atoms with E-state index in [-0.39, 0.29) is 23.9 Å². The minimum atomic E-state index is -0.694. The highest BCUT2D eigenvalue weighted by atomic mass is 32.1. The number of nitrogens with zero attached hydrogens (tertiary/aromatic N) is 4. The normalized spacial score (nSPS) is 17.8. The SMILES string of the molecule is CC(C)C[C@@H]1CN(C(=O)C(N)Cc2ccc3ccccc3c2)C(CCCNc2nncs2)CN1C(=O)[C@H](N)Cc1ccc2ccccc2c1. The van der Waals surface area contributed by atoms with Crippen molar-refractivity contribution in [1.29, 1.82) is 0 Å². The molecular weight excluding hydrogens is 631 g/mol. The van der Waals surface area contributed by atoms with Crippen LogP contribution < -0.4 is 16.8 Å². The maximum atomic E-state index is 14.2. The number of rotatable bonds is 13. The summed E-state index contributed by atoms with van der Waals surface area (Å²) in [6.45, 7) is 5.85. The zero-order valence-corrected chi connectivity index (χ0v) is 29.2. The van der Waals surface area contributed by atoms with E-state index in [1.54, 1.807) is 5.51 Å². The summed E-state index contributed by atoms with van der Waals surface area (Å²) in [6, 6.07) is 27.2. The quantitative estimate of drug-likeness (QED) is 0.138. The summed E-state index contributed by atoms with van der Waals surface area (Å²) in [5.74, 6) is 0.188. The Balaban J connectivity index is 1.20. The van der Waals surface area contributed by atoms with Crippen LogP contribution in [0.25, 0.3) is 21.5 Å². The summed E-state index contributed by atoms with van der Waals surface area (Å²) in [7, 11) is 0. The molecule has 256 valence electrons. The molecule has 1 fully saturated rings. The molecule has 4 atom stereocenters. The van der Waals surface area contributed by atoms with Crippen molar-refractivity contribution in [1.82, 2.24) is 20.0 Å². The first-order valence-corrected chi connectivity index (χ1v) is 18.2. The van der Waals surface area contributed by atoms with Crippen molar-refractivity contribution in [2.45, 2.75) is 70.1 Å². The number of amides is 2. The molecule has 5 N–H and O–H groups in total. The molecule has 0 radical (unpaired) electrons. The molecule has 0 spiro atoms. The summed E-state index contributed by atoms with van der Waals surface area (Å²) in [5.41, 5.74) is 17.2. The number of hydrogen-bond acceptors (Lipinski definition) is 8. The Morgan fingerprint density at radius 1 is 0.796 bits per heavy atom. The van der Waals surface area contributed by atoms with Gasteiger partial charge in [0.1, 0.15) is 5.51 Å². The van der Waals surface area contributed by atoms with Gasteiger partial charge < -0.3 is 26.6 Å². The lowest BCUT2D eigenvalue weighted by molar-refractivity contribution is -0.149. The standard InChI is InChI=1S/C39H47N7O2S/c1-26(2)18-34-24-45(37(47)35(40)21-27-13-15-29-8-3-5-10-31(29)19-27)33(12-7-17-42-39-44-43-25-49-39)23-46(34)38(48)36(41)22-28-14-16-30-9-4-6-11-32(30)20-28/h3-6,8-11,13-16,19-20,25-26,33-36H,7,12,17-18,21-24,40-41H2,1-2H3,(H,42,44)/t33?,34-,35?,36-/m1/s1. The van der Waals surface area contributed by atoms with E-state index in [2.05, 4.69) is 90.0 Å². The highest BCUT2D eigenvalue weighted by Gasteiger charge is 2.40. The number of nitrogens with two attached hydrogens (primary N) is 2. The minimum absolute atomic E-state index is 0.0663. The number of hydrogen-bond donors (Lipinski definition) is 3. The fraction of sp³-hybridized carbons (Fsp3) is 0.385. The highest BCUT2D eigenvalue weighted by Crippen LogP contribution is 2.27. The van der Waals surface area contributed by atoms with E-state index in [1.165, 1.54) is 11.3 Å². The molecule has 10 heteroatoms. The fourth-order valence-corrected chi connectivity index (χ4v) is 7.58. The topological polar surface area (TPSA) is 130 Å². The van der Waals surface area contributed by atoms with E-state index in [0.717, 1.165) is 50.6 Å². The van der Waals surface area contributed by atoms with Crippen molar-refractivity contribution >= 4 is 49.8 Å². The van der Waals surface area contributed by atoms with Crippen molar-refractivity contribution in [3.63, 3.8) is 0 Å². The van der Waals surface area contributed by atoms with Crippen LogP contribution in [0, 0.1) is 5.92 Å². The van der Waals surface area contributed by atoms with Crippen molar-refractivity contribution in [3.8, 4) is 0 Å². The van der Waals surface area contributed by atoms with E-state index in [1.807, 2.05) is 34.1 Å². The van der Waals surface area contributed by atoms with Crippen molar-refractivity contribution < 1.29 is 9.59 Å². The number of nitrogens with one attached hydrogen (secondary N) is 1. The second kappa shape index (κ2) is 15.9. The predicted octanol–water partition coefficient (Wildman–Crippen LogP) is 5.63. The third-order valence-corrected chi connectivity index (χ3v) is 10.2. The smallest absolute Gasteiger partial charge is 0.240 e. The first-order chi connectivity index (χ1) is 23.7. The molecule has 1 aliphatic heterocycles. The average Bonchev–Trinajstić information content (AvgIpc) is 3.63. The van der Waals surface area contributed by atoms with Gasteiger partial charge in [0.15, 0.2) is 0 Å². The zero-order chi connectivity index (χ0) is 34.3. The van der Waals surface area contributed by atoms with Crippen LogP contribution in [0.3, 0.4) is 0 Å². The van der Waals surface area contributed by atoms with Crippen LogP contribution in [0.1, 0.15) is 44.2 Å². The van der Waals surface area contributed by atoms with E-state index in [9.17, 15) is 9.59 Å². The van der Waals surface area contributed by atoms with Gasteiger partial charge in [-0.15, -0.1) is 10.2 Å². The molecule has 0 saturated carbocycles. The number of benzene rings is 4. The average molecular weight is 678 g/mol. The molecule has 0 aliphatic carbocycles. The summed E-state index contributed by atoms with van der Waals surface area (Å²) < 4.78 is 0. The molecule has 2 amide bonds. The van der Waals surface area contributed by atoms with Gasteiger partial charge in [0.25, 0.3) is 0 Å². The molecule has 4 aromatic carbocycles. The van der Waals surface area contributed by atoms with E-state index in [4.69, 9.17) is 11.5 Å². The Morgan fingerprint density at radius 3 is 1.86 bits per heavy atom. The van der Waals surface area contributed by atoms with Crippen LogP contribution in [-0.4, -0.2) is 75.6 Å². The van der Waals surface area contributed by atoms with Crippen molar-refractivity contribution in [2.24, 2.45) is 17.4 Å². The third kappa shape index (κ3) is 8.62. The Bertz CT molecular complexity index is 1860. The van der Waals surface area contributed by atoms with Gasteiger partial charge in [-0.1, -0.05) is 110 Å². The Labute approximate surface area is 292 Å². The van der Waals surface area contributed by atoms with Crippen LogP contribution in [0.4, 0.5) is 5.13 Å². The molecule has 0 bridgehead atoms. The lowest BCUT2D eigenvalue weighted by Gasteiger charge is -2.48. The first kappa shape index (κ1) is 34.5. The highest BCUT2D eigenvalue weighted by molar-refractivity contribution is 7.13. The summed E-state index contributed by atoms with van der Waals surface area (Å²) in [4.78, 5) is 32.3. The van der Waals surface area contributed by atoms with Crippen LogP contribution >= 0.6 is 11.3 Å². The van der Waals surface area contributed by atoms with E-state index < -0.39 is 12.1 Å². The summed E-state index contributed by atoms with van der Waals surface area (Å²) in [6.07, 6.45) is 3.15. The second-order valence-electron chi connectivity index (χ2n) is 13.7. The van der Waals surface area contributed by atoms with Gasteiger partial charge in [-0.05, 0) is 70.7 Å². The molecule has 1 saturated heterocycles. The van der Waals surface area contributed by atoms with Gasteiger partial charge in [0.05, 0.1) is 12.1 Å². The monoisotopic (exact) mass is 677 g/mol. The number of carbonyl (C=O) groups is 2. The molecule has 2 unspecified atom stereocenters. The first-order valence-electron chi connectivity index (χ1n) is 17.3. The molecule has 5 aromatic rings. The van der Waals surface area contributed by atoms with Gasteiger partial charge in [0, 0.05) is 31.7 Å². The van der Waals surface area contributed by atoms with Gasteiger partial charge in [-0.25, -0.2) is 0 Å². The fourth-order valence-electron chi connectivity index (χ4n) is 7.11. The molecule has 9 nitrogen and oxygen atoms in total. The molecular formula is C39H47N7O2S. The third-order valence-electron chi connectivity index (χ3n) is 9.53. The largest absolute Gasteiger partial charge is 0.360 e. The van der Waals surface area contributed by atoms with Crippen LogP contribution in [0.15, 0.2) is 90.4 Å².